The van der Waals surface area contributed by atoms with Crippen molar-refractivity contribution in [2.45, 2.75) is 19.9 Å². The summed E-state index contributed by atoms with van der Waals surface area (Å²) in [6, 6.07) is -0.281. The molecule has 0 spiro atoms. The molecule has 8 nitrogen and oxygen atoms in total. The molecule has 9 heteroatoms. The van der Waals surface area contributed by atoms with Crippen molar-refractivity contribution >= 4 is 27.7 Å². The zero-order valence-electron chi connectivity index (χ0n) is 12.5. The van der Waals surface area contributed by atoms with Gasteiger partial charge in [0.25, 0.3) is 0 Å². The van der Waals surface area contributed by atoms with Crippen molar-refractivity contribution in [3.05, 3.63) is 0 Å². The summed E-state index contributed by atoms with van der Waals surface area (Å²) in [6.45, 7) is 4.40. The van der Waals surface area contributed by atoms with E-state index in [0.29, 0.717) is 24.4 Å². The quantitative estimate of drug-likeness (QED) is 0.737. The van der Waals surface area contributed by atoms with E-state index < -0.39 is 9.84 Å². The third-order valence-electron chi connectivity index (χ3n) is 2.29. The second-order valence-electron chi connectivity index (χ2n) is 4.85. The van der Waals surface area contributed by atoms with E-state index in [1.807, 2.05) is 21.0 Å². The molecule has 0 radical (unpaired) electrons. The Kier molecular flexibility index (Phi) is 5.49. The summed E-state index contributed by atoms with van der Waals surface area (Å²) in [5.74, 6) is 1.34. The molecule has 0 bridgehead atoms. The highest BCUT2D eigenvalue weighted by Crippen LogP contribution is 2.12. The molecule has 0 amide bonds. The monoisotopic (exact) mass is 302 g/mol. The van der Waals surface area contributed by atoms with E-state index in [9.17, 15) is 8.42 Å². The van der Waals surface area contributed by atoms with Gasteiger partial charge in [-0.25, -0.2) is 8.42 Å². The summed E-state index contributed by atoms with van der Waals surface area (Å²) in [5, 5.41) is 6.00. The standard InChI is InChI=1S/C11H22N6O2S/c1-6-12-9-14-10(16-11(15-9)17(3)4)13-8(2)7-20(5,18)19/h8H,6-7H2,1-5H3,(H2,12,13,14,15,16). The molecule has 1 heterocycles. The molecule has 1 rings (SSSR count). The minimum Gasteiger partial charge on any atom is -0.354 e. The van der Waals surface area contributed by atoms with Crippen LogP contribution in [-0.2, 0) is 9.84 Å². The fraction of sp³-hybridized carbons (Fsp3) is 0.727. The van der Waals surface area contributed by atoms with E-state index in [1.54, 1.807) is 11.8 Å². The van der Waals surface area contributed by atoms with Crippen LogP contribution in [0.3, 0.4) is 0 Å². The van der Waals surface area contributed by atoms with Crippen molar-refractivity contribution in [1.82, 2.24) is 15.0 Å². The van der Waals surface area contributed by atoms with Crippen LogP contribution in [0.5, 0.6) is 0 Å². The number of hydrogen-bond acceptors (Lipinski definition) is 8. The Labute approximate surface area is 119 Å². The minimum absolute atomic E-state index is 0.0204. The summed E-state index contributed by atoms with van der Waals surface area (Å²) < 4.78 is 22.5. The number of nitrogens with zero attached hydrogens (tertiary/aromatic N) is 4. The molecule has 0 saturated heterocycles. The van der Waals surface area contributed by atoms with E-state index in [4.69, 9.17) is 0 Å². The van der Waals surface area contributed by atoms with E-state index in [0.717, 1.165) is 0 Å². The van der Waals surface area contributed by atoms with Gasteiger partial charge >= 0.3 is 0 Å². The van der Waals surface area contributed by atoms with Crippen LogP contribution >= 0.6 is 0 Å². The van der Waals surface area contributed by atoms with Gasteiger partial charge in [0.05, 0.1) is 5.75 Å². The second kappa shape index (κ2) is 6.69. The normalized spacial score (nSPS) is 12.8. The summed E-state index contributed by atoms with van der Waals surface area (Å²) in [7, 11) is 0.606. The molecule has 114 valence electrons. The molecule has 20 heavy (non-hydrogen) atoms. The molecule has 0 aromatic carbocycles. The van der Waals surface area contributed by atoms with Gasteiger partial charge in [-0.3, -0.25) is 0 Å². The molecular weight excluding hydrogens is 280 g/mol. The lowest BCUT2D eigenvalue weighted by molar-refractivity contribution is 0.597. The minimum atomic E-state index is -3.05. The summed E-state index contributed by atoms with van der Waals surface area (Å²) in [4.78, 5) is 14.5. The molecule has 2 N–H and O–H groups in total. The Morgan fingerprint density at radius 1 is 1.20 bits per heavy atom. The zero-order valence-corrected chi connectivity index (χ0v) is 13.3. The van der Waals surface area contributed by atoms with Gasteiger partial charge in [-0.15, -0.1) is 0 Å². The van der Waals surface area contributed by atoms with Gasteiger partial charge < -0.3 is 15.5 Å². The van der Waals surface area contributed by atoms with Gasteiger partial charge in [-0.2, -0.15) is 15.0 Å². The molecule has 0 fully saturated rings. The topological polar surface area (TPSA) is 100 Å². The number of sulfone groups is 1. The van der Waals surface area contributed by atoms with Gasteiger partial charge in [0.1, 0.15) is 9.84 Å². The molecule has 0 aliphatic rings. The van der Waals surface area contributed by atoms with Gasteiger partial charge in [0.15, 0.2) is 0 Å². The molecule has 0 aliphatic heterocycles. The third kappa shape index (κ3) is 5.55. The van der Waals surface area contributed by atoms with Crippen LogP contribution in [0, 0.1) is 0 Å². The Hall–Kier alpha value is -1.64. The van der Waals surface area contributed by atoms with Gasteiger partial charge in [0.2, 0.25) is 17.8 Å². The lowest BCUT2D eigenvalue weighted by Gasteiger charge is -2.16. The average Bonchev–Trinajstić information content (AvgIpc) is 2.26. The van der Waals surface area contributed by atoms with Crippen molar-refractivity contribution in [3.63, 3.8) is 0 Å². The summed E-state index contributed by atoms with van der Waals surface area (Å²) in [6.07, 6.45) is 1.20. The fourth-order valence-corrected chi connectivity index (χ4v) is 2.57. The fourth-order valence-electron chi connectivity index (χ4n) is 1.58. The first-order chi connectivity index (χ1) is 9.21. The molecule has 1 aromatic heterocycles. The number of anilines is 3. The molecular formula is C11H22N6O2S. The van der Waals surface area contributed by atoms with E-state index in [2.05, 4.69) is 25.6 Å². The molecule has 1 unspecified atom stereocenters. The van der Waals surface area contributed by atoms with Crippen LogP contribution in [-0.4, -0.2) is 62.1 Å². The maximum Gasteiger partial charge on any atom is 0.231 e. The van der Waals surface area contributed by atoms with Crippen molar-refractivity contribution in [3.8, 4) is 0 Å². The van der Waals surface area contributed by atoms with Crippen LogP contribution in [0.4, 0.5) is 17.8 Å². The average molecular weight is 302 g/mol. The van der Waals surface area contributed by atoms with Gasteiger partial charge in [-0.05, 0) is 13.8 Å². The van der Waals surface area contributed by atoms with Crippen molar-refractivity contribution in [2.24, 2.45) is 0 Å². The zero-order chi connectivity index (χ0) is 15.3. The first-order valence-corrected chi connectivity index (χ1v) is 8.39. The van der Waals surface area contributed by atoms with Gasteiger partial charge in [0, 0.05) is 32.9 Å². The van der Waals surface area contributed by atoms with Crippen molar-refractivity contribution in [1.29, 1.82) is 0 Å². The van der Waals surface area contributed by atoms with Crippen LogP contribution in [0.1, 0.15) is 13.8 Å². The summed E-state index contributed by atoms with van der Waals surface area (Å²) >= 11 is 0. The van der Waals surface area contributed by atoms with Crippen LogP contribution < -0.4 is 15.5 Å². The van der Waals surface area contributed by atoms with Crippen LogP contribution in [0.15, 0.2) is 0 Å². The van der Waals surface area contributed by atoms with Crippen molar-refractivity contribution < 1.29 is 8.42 Å². The number of hydrogen-bond donors (Lipinski definition) is 2. The van der Waals surface area contributed by atoms with Gasteiger partial charge in [-0.1, -0.05) is 0 Å². The number of aromatic nitrogens is 3. The maximum absolute atomic E-state index is 11.3. The Bertz CT molecular complexity index is 546. The predicted octanol–water partition coefficient (Wildman–Crippen LogP) is 0.214. The largest absolute Gasteiger partial charge is 0.354 e. The smallest absolute Gasteiger partial charge is 0.231 e. The third-order valence-corrected chi connectivity index (χ3v) is 3.39. The SMILES string of the molecule is CCNc1nc(NC(C)CS(C)(=O)=O)nc(N(C)C)n1. The molecule has 0 aliphatic carbocycles. The predicted molar refractivity (Wildman–Crippen MR) is 81.1 cm³/mol. The first kappa shape index (κ1) is 16.4. The molecule has 1 atom stereocenters. The highest BCUT2D eigenvalue weighted by molar-refractivity contribution is 7.90. The van der Waals surface area contributed by atoms with E-state index in [1.165, 1.54) is 6.26 Å². The van der Waals surface area contributed by atoms with Crippen LogP contribution in [0.25, 0.3) is 0 Å². The van der Waals surface area contributed by atoms with E-state index in [-0.39, 0.29) is 11.8 Å². The Morgan fingerprint density at radius 3 is 2.30 bits per heavy atom. The Balaban J connectivity index is 2.93. The molecule has 1 aromatic rings. The number of nitrogens with one attached hydrogen (secondary N) is 2. The highest BCUT2D eigenvalue weighted by atomic mass is 32.2. The first-order valence-electron chi connectivity index (χ1n) is 6.32. The van der Waals surface area contributed by atoms with Crippen molar-refractivity contribution in [2.75, 3.05) is 48.2 Å². The highest BCUT2D eigenvalue weighted by Gasteiger charge is 2.13. The maximum atomic E-state index is 11.3. The van der Waals surface area contributed by atoms with E-state index >= 15 is 0 Å². The second-order valence-corrected chi connectivity index (χ2v) is 7.03. The lowest BCUT2D eigenvalue weighted by Crippen LogP contribution is -2.27. The Morgan fingerprint density at radius 2 is 1.80 bits per heavy atom. The lowest BCUT2D eigenvalue weighted by atomic mass is 10.4. The molecule has 0 saturated carbocycles. The van der Waals surface area contributed by atoms with Crippen LogP contribution in [0.2, 0.25) is 0 Å². The summed E-state index contributed by atoms with van der Waals surface area (Å²) in [5.41, 5.74) is 0. The number of rotatable bonds is 7.